The molecule has 0 aromatic rings. The van der Waals surface area contributed by atoms with E-state index in [1.807, 2.05) is 5.92 Å². The van der Waals surface area contributed by atoms with E-state index in [2.05, 4.69) is 0 Å². The number of rotatable bonds is 2. The molecule has 1 unspecified atom stereocenters. The first-order valence-electron chi connectivity index (χ1n) is 2.72. The van der Waals surface area contributed by atoms with Crippen molar-refractivity contribution >= 4 is 0 Å². The van der Waals surface area contributed by atoms with E-state index in [-0.39, 0.29) is 0 Å². The fourth-order valence-corrected chi connectivity index (χ4v) is 0.386. The standard InChI is InChI=1S/C7H9FO/c1-3-5-6(8)7(9)4-2/h2,5,7,9H,3H2,1H3/b6-5+. The van der Waals surface area contributed by atoms with Crippen molar-refractivity contribution in [1.29, 1.82) is 0 Å². The zero-order valence-electron chi connectivity index (χ0n) is 5.26. The van der Waals surface area contributed by atoms with E-state index in [0.717, 1.165) is 0 Å². The second-order valence-corrected chi connectivity index (χ2v) is 1.57. The summed E-state index contributed by atoms with van der Waals surface area (Å²) in [6.07, 6.45) is 5.17. The van der Waals surface area contributed by atoms with Crippen LogP contribution in [0.3, 0.4) is 0 Å². The van der Waals surface area contributed by atoms with Gasteiger partial charge < -0.3 is 5.11 Å². The molecule has 0 rings (SSSR count). The van der Waals surface area contributed by atoms with Crippen molar-refractivity contribution in [3.63, 3.8) is 0 Å². The Bertz CT molecular complexity index is 143. The SMILES string of the molecule is C#CC(O)/C(F)=C\CC. The highest BCUT2D eigenvalue weighted by Gasteiger charge is 2.02. The summed E-state index contributed by atoms with van der Waals surface area (Å²) >= 11 is 0. The Morgan fingerprint density at radius 2 is 2.56 bits per heavy atom. The molecule has 0 aliphatic carbocycles. The molecule has 0 aromatic carbocycles. The summed E-state index contributed by atoms with van der Waals surface area (Å²) in [5.41, 5.74) is 0. The molecule has 50 valence electrons. The third-order valence-electron chi connectivity index (χ3n) is 0.818. The van der Waals surface area contributed by atoms with Crippen LogP contribution in [0.15, 0.2) is 11.9 Å². The molecule has 0 fully saturated rings. The predicted octanol–water partition coefficient (Wildman–Crippen LogP) is 1.24. The van der Waals surface area contributed by atoms with E-state index in [0.29, 0.717) is 6.42 Å². The molecule has 1 N–H and O–H groups in total. The molecule has 0 aliphatic heterocycles. The maximum Gasteiger partial charge on any atom is 0.165 e. The lowest BCUT2D eigenvalue weighted by Gasteiger charge is -1.96. The maximum absolute atomic E-state index is 12.3. The van der Waals surface area contributed by atoms with E-state index < -0.39 is 11.9 Å². The van der Waals surface area contributed by atoms with Crippen molar-refractivity contribution in [2.24, 2.45) is 0 Å². The van der Waals surface area contributed by atoms with Crippen LogP contribution in [-0.4, -0.2) is 11.2 Å². The molecule has 0 amide bonds. The summed E-state index contributed by atoms with van der Waals surface area (Å²) in [5.74, 6) is 1.22. The zero-order valence-corrected chi connectivity index (χ0v) is 5.26. The molecular weight excluding hydrogens is 119 g/mol. The molecule has 9 heavy (non-hydrogen) atoms. The summed E-state index contributed by atoms with van der Waals surface area (Å²) in [7, 11) is 0. The van der Waals surface area contributed by atoms with Gasteiger partial charge in [0.2, 0.25) is 0 Å². The Balaban J connectivity index is 3.89. The summed E-state index contributed by atoms with van der Waals surface area (Å²) in [6, 6.07) is 0. The molecule has 0 spiro atoms. The van der Waals surface area contributed by atoms with Crippen molar-refractivity contribution in [3.8, 4) is 12.3 Å². The predicted molar refractivity (Wildman–Crippen MR) is 34.3 cm³/mol. The van der Waals surface area contributed by atoms with Crippen molar-refractivity contribution in [2.45, 2.75) is 19.4 Å². The van der Waals surface area contributed by atoms with Gasteiger partial charge in [0.1, 0.15) is 5.83 Å². The summed E-state index contributed by atoms with van der Waals surface area (Å²) in [5, 5.41) is 8.58. The Kier molecular flexibility index (Phi) is 3.74. The summed E-state index contributed by atoms with van der Waals surface area (Å²) < 4.78 is 12.3. The number of hydrogen-bond acceptors (Lipinski definition) is 1. The van der Waals surface area contributed by atoms with Crippen molar-refractivity contribution < 1.29 is 9.50 Å². The lowest BCUT2D eigenvalue weighted by Crippen LogP contribution is -2.02. The first-order valence-corrected chi connectivity index (χ1v) is 2.72. The van der Waals surface area contributed by atoms with Gasteiger partial charge in [-0.1, -0.05) is 12.8 Å². The Labute approximate surface area is 54.2 Å². The van der Waals surface area contributed by atoms with Crippen LogP contribution in [0.1, 0.15) is 13.3 Å². The fourth-order valence-electron chi connectivity index (χ4n) is 0.386. The first kappa shape index (κ1) is 8.19. The van der Waals surface area contributed by atoms with Gasteiger partial charge >= 0.3 is 0 Å². The van der Waals surface area contributed by atoms with Crippen LogP contribution in [-0.2, 0) is 0 Å². The topological polar surface area (TPSA) is 20.2 Å². The molecule has 0 saturated heterocycles. The van der Waals surface area contributed by atoms with Gasteiger partial charge in [0.15, 0.2) is 6.10 Å². The van der Waals surface area contributed by atoms with Crippen LogP contribution in [0.25, 0.3) is 0 Å². The number of halogens is 1. The quantitative estimate of drug-likeness (QED) is 0.555. The van der Waals surface area contributed by atoms with Crippen LogP contribution in [0.5, 0.6) is 0 Å². The normalized spacial score (nSPS) is 14.7. The van der Waals surface area contributed by atoms with Gasteiger partial charge in [0, 0.05) is 0 Å². The molecular formula is C7H9FO. The second kappa shape index (κ2) is 4.11. The number of aliphatic hydroxyl groups excluding tert-OH is 1. The highest BCUT2D eigenvalue weighted by atomic mass is 19.1. The van der Waals surface area contributed by atoms with Gasteiger partial charge in [-0.3, -0.25) is 0 Å². The monoisotopic (exact) mass is 128 g/mol. The average molecular weight is 128 g/mol. The molecule has 1 nitrogen and oxygen atoms in total. The molecule has 0 aliphatic rings. The van der Waals surface area contributed by atoms with E-state index in [1.54, 1.807) is 6.92 Å². The van der Waals surface area contributed by atoms with Gasteiger partial charge in [0.25, 0.3) is 0 Å². The zero-order chi connectivity index (χ0) is 7.28. The Morgan fingerprint density at radius 1 is 2.00 bits per heavy atom. The third kappa shape index (κ3) is 2.89. The van der Waals surface area contributed by atoms with Crippen molar-refractivity contribution in [1.82, 2.24) is 0 Å². The van der Waals surface area contributed by atoms with Gasteiger partial charge in [-0.25, -0.2) is 4.39 Å². The van der Waals surface area contributed by atoms with E-state index in [9.17, 15) is 4.39 Å². The van der Waals surface area contributed by atoms with Gasteiger partial charge in [0.05, 0.1) is 0 Å². The molecule has 0 aromatic heterocycles. The smallest absolute Gasteiger partial charge is 0.165 e. The van der Waals surface area contributed by atoms with E-state index in [1.165, 1.54) is 6.08 Å². The molecule has 0 bridgehead atoms. The lowest BCUT2D eigenvalue weighted by atomic mass is 10.3. The highest BCUT2D eigenvalue weighted by molar-refractivity contribution is 5.11. The molecule has 0 saturated carbocycles. The van der Waals surface area contributed by atoms with Gasteiger partial charge in [-0.05, 0) is 12.5 Å². The molecule has 0 radical (unpaired) electrons. The van der Waals surface area contributed by atoms with Crippen LogP contribution < -0.4 is 0 Å². The number of aliphatic hydroxyl groups is 1. The molecule has 0 heterocycles. The molecule has 2 heteroatoms. The minimum Gasteiger partial charge on any atom is -0.374 e. The van der Waals surface area contributed by atoms with Crippen LogP contribution in [0.4, 0.5) is 4.39 Å². The number of terminal acetylenes is 1. The Hall–Kier alpha value is -0.810. The highest BCUT2D eigenvalue weighted by Crippen LogP contribution is 2.03. The van der Waals surface area contributed by atoms with Crippen LogP contribution in [0, 0.1) is 12.3 Å². The largest absolute Gasteiger partial charge is 0.374 e. The minimum absolute atomic E-state index is 0.546. The average Bonchev–Trinajstić information content (AvgIpc) is 1.87. The molecule has 1 atom stereocenters. The first-order chi connectivity index (χ1) is 4.22. The van der Waals surface area contributed by atoms with Gasteiger partial charge in [-0.2, -0.15) is 0 Å². The van der Waals surface area contributed by atoms with Crippen LogP contribution in [0.2, 0.25) is 0 Å². The summed E-state index contributed by atoms with van der Waals surface area (Å²) in [6.45, 7) is 1.77. The lowest BCUT2D eigenvalue weighted by molar-refractivity contribution is 0.236. The van der Waals surface area contributed by atoms with Crippen LogP contribution >= 0.6 is 0 Å². The van der Waals surface area contributed by atoms with E-state index in [4.69, 9.17) is 11.5 Å². The third-order valence-corrected chi connectivity index (χ3v) is 0.818. The second-order valence-electron chi connectivity index (χ2n) is 1.57. The number of allylic oxidation sites excluding steroid dienone is 1. The number of hydrogen-bond donors (Lipinski definition) is 1. The Morgan fingerprint density at radius 3 is 2.89 bits per heavy atom. The van der Waals surface area contributed by atoms with Crippen molar-refractivity contribution in [2.75, 3.05) is 0 Å². The summed E-state index contributed by atoms with van der Waals surface area (Å²) in [4.78, 5) is 0. The van der Waals surface area contributed by atoms with Gasteiger partial charge in [-0.15, -0.1) is 6.42 Å². The maximum atomic E-state index is 12.3. The van der Waals surface area contributed by atoms with Crippen molar-refractivity contribution in [3.05, 3.63) is 11.9 Å². The minimum atomic E-state index is -1.36. The fraction of sp³-hybridized carbons (Fsp3) is 0.429. The van der Waals surface area contributed by atoms with E-state index >= 15 is 0 Å².